The normalized spacial score (nSPS) is 19.1. The molecule has 13 heteroatoms. The quantitative estimate of drug-likeness (QED) is 0.254. The van der Waals surface area contributed by atoms with E-state index in [0.717, 1.165) is 44.3 Å². The number of urea groups is 1. The summed E-state index contributed by atoms with van der Waals surface area (Å²) >= 11 is 6.55. The Bertz CT molecular complexity index is 1460. The van der Waals surface area contributed by atoms with Crippen molar-refractivity contribution in [2.45, 2.75) is 44.2 Å². The number of anilines is 2. The number of nitrogens with zero attached hydrogens (tertiary/aromatic N) is 5. The minimum absolute atomic E-state index is 0.0371. The first-order chi connectivity index (χ1) is 18.4. The van der Waals surface area contributed by atoms with Crippen LogP contribution in [0.25, 0.3) is 11.7 Å². The van der Waals surface area contributed by atoms with Crippen LogP contribution in [0.1, 0.15) is 49.3 Å². The van der Waals surface area contributed by atoms with Gasteiger partial charge >= 0.3 is 6.03 Å². The molecule has 2 saturated heterocycles. The molecule has 4 heterocycles. The fraction of sp³-hybridized carbons (Fsp3) is 0.360. The van der Waals surface area contributed by atoms with Crippen molar-refractivity contribution in [3.63, 3.8) is 0 Å². The molecule has 1 aromatic carbocycles. The zero-order chi connectivity index (χ0) is 26.2. The van der Waals surface area contributed by atoms with Gasteiger partial charge in [0.2, 0.25) is 17.8 Å². The van der Waals surface area contributed by atoms with Crippen molar-refractivity contribution in [2.75, 3.05) is 23.7 Å². The van der Waals surface area contributed by atoms with Crippen LogP contribution in [0.5, 0.6) is 0 Å². The molecule has 0 spiro atoms. The molecule has 1 unspecified atom stereocenters. The minimum Gasteiger partial charge on any atom is -0.351 e. The molecule has 1 aliphatic carbocycles. The Morgan fingerprint density at radius 1 is 1.16 bits per heavy atom. The second kappa shape index (κ2) is 9.93. The standard InChI is InChI=1S/C25H26ClN9O3/c26-17-6-2-1-5-16(17)18(12-20(36)34-9-3-4-10-34)29-23-31-21-14(11-19-22(37)32-25(38)30-19)13-27-35(21)24(33-23)28-15-7-8-15/h1-2,5-6,11,13,15,18H,3-4,7-10,12H2,(H2,28,29,31,33)(H2,30,32,37,38)/b19-11-. The molecule has 38 heavy (non-hydrogen) atoms. The predicted molar refractivity (Wildman–Crippen MR) is 140 cm³/mol. The number of hydrogen-bond donors (Lipinski definition) is 4. The lowest BCUT2D eigenvalue weighted by molar-refractivity contribution is -0.130. The van der Waals surface area contributed by atoms with Crippen molar-refractivity contribution in [2.24, 2.45) is 0 Å². The molecule has 12 nitrogen and oxygen atoms in total. The van der Waals surface area contributed by atoms with Gasteiger partial charge in [0.15, 0.2) is 5.65 Å². The topological polar surface area (TPSA) is 146 Å². The summed E-state index contributed by atoms with van der Waals surface area (Å²) in [6.45, 7) is 1.51. The van der Waals surface area contributed by atoms with E-state index in [4.69, 9.17) is 16.6 Å². The lowest BCUT2D eigenvalue weighted by Gasteiger charge is -2.23. The van der Waals surface area contributed by atoms with Crippen LogP contribution in [0.3, 0.4) is 0 Å². The molecular formula is C25H26ClN9O3. The molecule has 0 bridgehead atoms. The fourth-order valence-electron chi connectivity index (χ4n) is 4.62. The summed E-state index contributed by atoms with van der Waals surface area (Å²) in [6.07, 6.45) is 7.30. The number of carbonyl (C=O) groups is 3. The summed E-state index contributed by atoms with van der Waals surface area (Å²) in [5, 5.41) is 16.3. The van der Waals surface area contributed by atoms with Crippen LogP contribution in [0.2, 0.25) is 5.02 Å². The van der Waals surface area contributed by atoms with E-state index in [1.165, 1.54) is 6.08 Å². The Morgan fingerprint density at radius 2 is 1.95 bits per heavy atom. The first-order valence-electron chi connectivity index (χ1n) is 12.6. The lowest BCUT2D eigenvalue weighted by Crippen LogP contribution is -2.30. The zero-order valence-electron chi connectivity index (χ0n) is 20.4. The van der Waals surface area contributed by atoms with E-state index >= 15 is 0 Å². The molecule has 196 valence electrons. The number of likely N-dealkylation sites (tertiary alicyclic amines) is 1. The first-order valence-corrected chi connectivity index (χ1v) is 13.0. The van der Waals surface area contributed by atoms with Crippen molar-refractivity contribution in [3.05, 3.63) is 52.3 Å². The fourth-order valence-corrected chi connectivity index (χ4v) is 4.89. The third kappa shape index (κ3) is 4.99. The SMILES string of the molecule is O=C1NC(=O)/C(=C/c2cnn3c(NC4CC4)nc(NC(CC(=O)N4CCCC4)c4ccccc4Cl)nc23)N1. The minimum atomic E-state index is -0.587. The van der Waals surface area contributed by atoms with E-state index in [9.17, 15) is 14.4 Å². The van der Waals surface area contributed by atoms with Gasteiger partial charge in [-0.05, 0) is 43.4 Å². The number of amides is 4. The number of imide groups is 1. The van der Waals surface area contributed by atoms with Crippen molar-refractivity contribution in [1.29, 1.82) is 0 Å². The van der Waals surface area contributed by atoms with Gasteiger partial charge in [0.1, 0.15) is 5.70 Å². The van der Waals surface area contributed by atoms with E-state index in [2.05, 4.69) is 31.3 Å². The molecule has 3 aliphatic rings. The Labute approximate surface area is 222 Å². The molecule has 3 fully saturated rings. The monoisotopic (exact) mass is 535 g/mol. The molecule has 4 N–H and O–H groups in total. The van der Waals surface area contributed by atoms with Crippen molar-refractivity contribution >= 4 is 53.1 Å². The van der Waals surface area contributed by atoms with Crippen LogP contribution in [-0.4, -0.2) is 61.5 Å². The van der Waals surface area contributed by atoms with Gasteiger partial charge in [-0.25, -0.2) is 4.79 Å². The van der Waals surface area contributed by atoms with Gasteiger partial charge in [0.05, 0.1) is 18.7 Å². The summed E-state index contributed by atoms with van der Waals surface area (Å²) in [5.41, 5.74) is 1.81. The summed E-state index contributed by atoms with van der Waals surface area (Å²) < 4.78 is 1.56. The highest BCUT2D eigenvalue weighted by molar-refractivity contribution is 6.31. The molecule has 2 aromatic heterocycles. The number of carbonyl (C=O) groups excluding carboxylic acids is 3. The van der Waals surface area contributed by atoms with E-state index in [1.807, 2.05) is 23.1 Å². The van der Waals surface area contributed by atoms with Gasteiger partial charge in [0.25, 0.3) is 5.91 Å². The van der Waals surface area contributed by atoms with Crippen LogP contribution in [0, 0.1) is 0 Å². The van der Waals surface area contributed by atoms with E-state index in [0.29, 0.717) is 22.2 Å². The molecule has 3 aromatic rings. The largest absolute Gasteiger partial charge is 0.351 e. The summed E-state index contributed by atoms with van der Waals surface area (Å²) in [6, 6.07) is 6.61. The summed E-state index contributed by atoms with van der Waals surface area (Å²) in [5.74, 6) is 0.264. The van der Waals surface area contributed by atoms with E-state index < -0.39 is 18.0 Å². The molecular weight excluding hydrogens is 510 g/mol. The van der Waals surface area contributed by atoms with Gasteiger partial charge < -0.3 is 20.9 Å². The molecule has 6 rings (SSSR count). The van der Waals surface area contributed by atoms with Gasteiger partial charge in [0, 0.05) is 29.7 Å². The average molecular weight is 536 g/mol. The number of hydrogen-bond acceptors (Lipinski definition) is 8. The van der Waals surface area contributed by atoms with Crippen LogP contribution < -0.4 is 21.3 Å². The lowest BCUT2D eigenvalue weighted by atomic mass is 10.0. The average Bonchev–Trinajstić information content (AvgIpc) is 3.25. The van der Waals surface area contributed by atoms with Gasteiger partial charge in [-0.2, -0.15) is 19.6 Å². The van der Waals surface area contributed by atoms with Crippen LogP contribution >= 0.6 is 11.6 Å². The number of aromatic nitrogens is 4. The smallest absolute Gasteiger partial charge is 0.326 e. The van der Waals surface area contributed by atoms with Gasteiger partial charge in [-0.15, -0.1) is 0 Å². The summed E-state index contributed by atoms with van der Waals surface area (Å²) in [7, 11) is 0. The van der Waals surface area contributed by atoms with Crippen molar-refractivity contribution in [3.8, 4) is 0 Å². The first kappa shape index (κ1) is 24.2. The number of nitrogens with one attached hydrogen (secondary N) is 4. The number of benzene rings is 1. The predicted octanol–water partition coefficient (Wildman–Crippen LogP) is 2.70. The Hall–Kier alpha value is -4.19. The number of fused-ring (bicyclic) bond motifs is 1. The third-order valence-electron chi connectivity index (χ3n) is 6.75. The molecule has 2 aliphatic heterocycles. The van der Waals surface area contributed by atoms with Crippen LogP contribution in [0.4, 0.5) is 16.7 Å². The highest BCUT2D eigenvalue weighted by atomic mass is 35.5. The maximum atomic E-state index is 13.1. The van der Waals surface area contributed by atoms with Crippen LogP contribution in [0.15, 0.2) is 36.2 Å². The molecule has 4 amide bonds. The summed E-state index contributed by atoms with van der Waals surface area (Å²) in [4.78, 5) is 48.0. The molecule has 1 saturated carbocycles. The second-order valence-electron chi connectivity index (χ2n) is 9.60. The number of rotatable bonds is 8. The highest BCUT2D eigenvalue weighted by Gasteiger charge is 2.28. The highest BCUT2D eigenvalue weighted by Crippen LogP contribution is 2.31. The Kier molecular flexibility index (Phi) is 6.32. The van der Waals surface area contributed by atoms with Gasteiger partial charge in [-0.3, -0.25) is 14.9 Å². The maximum Gasteiger partial charge on any atom is 0.326 e. The number of halogens is 1. The second-order valence-corrected chi connectivity index (χ2v) is 10.0. The Balaban J connectivity index is 1.38. The maximum absolute atomic E-state index is 13.1. The Morgan fingerprint density at radius 3 is 2.66 bits per heavy atom. The molecule has 0 radical (unpaired) electrons. The zero-order valence-corrected chi connectivity index (χ0v) is 21.2. The van der Waals surface area contributed by atoms with Crippen LogP contribution in [-0.2, 0) is 9.59 Å². The third-order valence-corrected chi connectivity index (χ3v) is 7.09. The molecule has 1 atom stereocenters. The van der Waals surface area contributed by atoms with Crippen molar-refractivity contribution in [1.82, 2.24) is 35.1 Å². The van der Waals surface area contributed by atoms with Gasteiger partial charge in [-0.1, -0.05) is 29.8 Å². The van der Waals surface area contributed by atoms with E-state index in [1.54, 1.807) is 16.8 Å². The van der Waals surface area contributed by atoms with E-state index in [-0.39, 0.29) is 30.0 Å². The van der Waals surface area contributed by atoms with Crippen molar-refractivity contribution < 1.29 is 14.4 Å².